The van der Waals surface area contributed by atoms with Gasteiger partial charge in [0.05, 0.1) is 19.8 Å². The Balaban J connectivity index is 1.56. The first-order chi connectivity index (χ1) is 15.0. The average Bonchev–Trinajstić information content (AvgIpc) is 2.78. The third-order valence-corrected chi connectivity index (χ3v) is 5.25. The summed E-state index contributed by atoms with van der Waals surface area (Å²) in [5.41, 5.74) is 3.16. The fourth-order valence-electron chi connectivity index (χ4n) is 3.69. The molecule has 1 aliphatic rings. The van der Waals surface area contributed by atoms with Crippen LogP contribution in [-0.2, 0) is 20.7 Å². The maximum Gasteiger partial charge on any atom is 0.331 e. The van der Waals surface area contributed by atoms with E-state index in [1.54, 1.807) is 32.2 Å². The minimum absolute atomic E-state index is 0.0505. The van der Waals surface area contributed by atoms with Crippen molar-refractivity contribution < 1.29 is 23.8 Å². The highest BCUT2D eigenvalue weighted by Crippen LogP contribution is 2.30. The lowest BCUT2D eigenvalue weighted by Crippen LogP contribution is -2.39. The van der Waals surface area contributed by atoms with Crippen LogP contribution in [0.25, 0.3) is 6.08 Å². The van der Waals surface area contributed by atoms with Crippen LogP contribution < -0.4 is 14.8 Å². The van der Waals surface area contributed by atoms with Crippen LogP contribution in [0.1, 0.15) is 49.4 Å². The summed E-state index contributed by atoms with van der Waals surface area (Å²) in [6.07, 6.45) is 4.94. The Hall–Kier alpha value is -3.28. The molecular formula is C25H29NO5. The molecule has 164 valence electrons. The molecule has 3 rings (SSSR count). The molecule has 0 unspecified atom stereocenters. The van der Waals surface area contributed by atoms with Gasteiger partial charge >= 0.3 is 5.97 Å². The first-order valence-electron chi connectivity index (χ1n) is 10.6. The Kier molecular flexibility index (Phi) is 7.70. The molecule has 0 radical (unpaired) electrons. The third kappa shape index (κ3) is 5.87. The highest BCUT2D eigenvalue weighted by atomic mass is 16.5. The van der Waals surface area contributed by atoms with E-state index in [2.05, 4.69) is 11.4 Å². The van der Waals surface area contributed by atoms with E-state index in [1.807, 2.05) is 31.2 Å². The zero-order chi connectivity index (χ0) is 22.2. The van der Waals surface area contributed by atoms with Gasteiger partial charge in [-0.3, -0.25) is 4.79 Å². The van der Waals surface area contributed by atoms with Crippen LogP contribution in [0, 0.1) is 0 Å². The molecule has 31 heavy (non-hydrogen) atoms. The van der Waals surface area contributed by atoms with Crippen molar-refractivity contribution in [3.05, 3.63) is 65.2 Å². The fourth-order valence-corrected chi connectivity index (χ4v) is 3.69. The van der Waals surface area contributed by atoms with Crippen molar-refractivity contribution in [3.63, 3.8) is 0 Å². The van der Waals surface area contributed by atoms with Crippen molar-refractivity contribution in [1.29, 1.82) is 0 Å². The predicted octanol–water partition coefficient (Wildman–Crippen LogP) is 4.23. The van der Waals surface area contributed by atoms with E-state index in [0.717, 1.165) is 30.4 Å². The zero-order valence-electron chi connectivity index (χ0n) is 18.2. The van der Waals surface area contributed by atoms with Crippen LogP contribution in [0.5, 0.6) is 11.5 Å². The Morgan fingerprint density at radius 3 is 2.77 bits per heavy atom. The number of carbonyl (C=O) groups is 2. The molecule has 1 amide bonds. The largest absolute Gasteiger partial charge is 0.493 e. The number of rotatable bonds is 8. The molecule has 6 nitrogen and oxygen atoms in total. The maximum atomic E-state index is 12.6. The average molecular weight is 424 g/mol. The second kappa shape index (κ2) is 10.7. The first-order valence-corrected chi connectivity index (χ1v) is 10.6. The van der Waals surface area contributed by atoms with Crippen LogP contribution in [0.2, 0.25) is 0 Å². The SMILES string of the molecule is CCOc1ccc(/C=C/C(=O)O[C@@H](C)C(=O)N[C@@H]2CCCc3ccccc32)cc1OC. The fraction of sp³-hybridized carbons (Fsp3) is 0.360. The van der Waals surface area contributed by atoms with Gasteiger partial charge in [-0.15, -0.1) is 0 Å². The number of amides is 1. The Morgan fingerprint density at radius 1 is 1.19 bits per heavy atom. The van der Waals surface area contributed by atoms with Gasteiger partial charge in [-0.05, 0) is 68.0 Å². The van der Waals surface area contributed by atoms with Crippen molar-refractivity contribution in [2.75, 3.05) is 13.7 Å². The number of carbonyl (C=O) groups excluding carboxylic acids is 2. The number of nitrogens with one attached hydrogen (secondary N) is 1. The van der Waals surface area contributed by atoms with Crippen molar-refractivity contribution in [1.82, 2.24) is 5.32 Å². The summed E-state index contributed by atoms with van der Waals surface area (Å²) < 4.78 is 16.1. The molecule has 6 heteroatoms. The highest BCUT2D eigenvalue weighted by molar-refractivity contribution is 5.90. The van der Waals surface area contributed by atoms with Gasteiger partial charge in [0.25, 0.3) is 5.91 Å². The molecule has 0 aromatic heterocycles. The van der Waals surface area contributed by atoms with E-state index in [0.29, 0.717) is 18.1 Å². The number of benzene rings is 2. The second-order valence-electron chi connectivity index (χ2n) is 7.41. The molecule has 2 aromatic rings. The first kappa shape index (κ1) is 22.4. The number of methoxy groups -OCH3 is 1. The van der Waals surface area contributed by atoms with Gasteiger partial charge in [-0.2, -0.15) is 0 Å². The summed E-state index contributed by atoms with van der Waals surface area (Å²) in [7, 11) is 1.56. The number of aryl methyl sites for hydroxylation is 1. The van der Waals surface area contributed by atoms with Gasteiger partial charge in [0.2, 0.25) is 0 Å². The van der Waals surface area contributed by atoms with E-state index in [-0.39, 0.29) is 11.9 Å². The molecule has 0 saturated carbocycles. The Bertz CT molecular complexity index is 953. The van der Waals surface area contributed by atoms with Crippen LogP contribution in [-0.4, -0.2) is 31.7 Å². The predicted molar refractivity (Wildman–Crippen MR) is 119 cm³/mol. The van der Waals surface area contributed by atoms with Gasteiger partial charge in [0, 0.05) is 6.08 Å². The second-order valence-corrected chi connectivity index (χ2v) is 7.41. The number of esters is 1. The number of fused-ring (bicyclic) bond motifs is 1. The standard InChI is InChI=1S/C25H29NO5/c1-4-30-22-14-12-18(16-23(22)29-3)13-15-24(27)31-17(2)25(28)26-21-11-7-9-19-8-5-6-10-20(19)21/h5-6,8,10,12-17,21H,4,7,9,11H2,1-3H3,(H,26,28)/b15-13+/t17-,21+/m0/s1. The Labute approximate surface area is 183 Å². The van der Waals surface area contributed by atoms with E-state index >= 15 is 0 Å². The smallest absolute Gasteiger partial charge is 0.331 e. The normalized spacial score (nSPS) is 16.3. The molecule has 0 spiro atoms. The molecule has 0 heterocycles. The molecule has 1 aliphatic carbocycles. The van der Waals surface area contributed by atoms with Gasteiger partial charge in [0.15, 0.2) is 17.6 Å². The summed E-state index contributed by atoms with van der Waals surface area (Å²) in [6, 6.07) is 13.4. The van der Waals surface area contributed by atoms with E-state index < -0.39 is 12.1 Å². The zero-order valence-corrected chi connectivity index (χ0v) is 18.2. The summed E-state index contributed by atoms with van der Waals surface area (Å²) in [5, 5.41) is 3.02. The quantitative estimate of drug-likeness (QED) is 0.508. The molecule has 0 fully saturated rings. The molecule has 0 bridgehead atoms. The van der Waals surface area contributed by atoms with E-state index in [1.165, 1.54) is 11.6 Å². The summed E-state index contributed by atoms with van der Waals surface area (Å²) in [4.78, 5) is 24.8. The van der Waals surface area contributed by atoms with Crippen molar-refractivity contribution >= 4 is 18.0 Å². The lowest BCUT2D eigenvalue weighted by molar-refractivity contribution is -0.150. The highest BCUT2D eigenvalue weighted by Gasteiger charge is 2.24. The van der Waals surface area contributed by atoms with Gasteiger partial charge in [0.1, 0.15) is 0 Å². The van der Waals surface area contributed by atoms with Crippen LogP contribution in [0.3, 0.4) is 0 Å². The molecule has 2 atom stereocenters. The Morgan fingerprint density at radius 2 is 2.00 bits per heavy atom. The van der Waals surface area contributed by atoms with Crippen LogP contribution in [0.4, 0.5) is 0 Å². The summed E-state index contributed by atoms with van der Waals surface area (Å²) >= 11 is 0. The van der Waals surface area contributed by atoms with Gasteiger partial charge in [-0.25, -0.2) is 4.79 Å². The molecular weight excluding hydrogens is 394 g/mol. The molecule has 0 saturated heterocycles. The van der Waals surface area contributed by atoms with E-state index in [4.69, 9.17) is 14.2 Å². The van der Waals surface area contributed by atoms with Crippen LogP contribution >= 0.6 is 0 Å². The monoisotopic (exact) mass is 423 g/mol. The molecule has 1 N–H and O–H groups in total. The van der Waals surface area contributed by atoms with Crippen LogP contribution in [0.15, 0.2) is 48.5 Å². The summed E-state index contributed by atoms with van der Waals surface area (Å²) in [5.74, 6) is 0.336. The van der Waals surface area contributed by atoms with E-state index in [9.17, 15) is 9.59 Å². The number of hydrogen-bond donors (Lipinski definition) is 1. The topological polar surface area (TPSA) is 73.9 Å². The minimum atomic E-state index is -0.888. The lowest BCUT2D eigenvalue weighted by Gasteiger charge is -2.27. The summed E-state index contributed by atoms with van der Waals surface area (Å²) in [6.45, 7) is 4.01. The van der Waals surface area contributed by atoms with Crippen molar-refractivity contribution in [2.45, 2.75) is 45.3 Å². The van der Waals surface area contributed by atoms with Gasteiger partial charge in [-0.1, -0.05) is 30.3 Å². The minimum Gasteiger partial charge on any atom is -0.493 e. The molecule has 2 aromatic carbocycles. The number of hydrogen-bond acceptors (Lipinski definition) is 5. The lowest BCUT2D eigenvalue weighted by atomic mass is 9.87. The van der Waals surface area contributed by atoms with Gasteiger partial charge < -0.3 is 19.5 Å². The van der Waals surface area contributed by atoms with Crippen molar-refractivity contribution in [2.24, 2.45) is 0 Å². The number of ether oxygens (including phenoxy) is 3. The van der Waals surface area contributed by atoms with Crippen molar-refractivity contribution in [3.8, 4) is 11.5 Å². The molecule has 0 aliphatic heterocycles. The maximum absolute atomic E-state index is 12.6. The third-order valence-electron chi connectivity index (χ3n) is 5.25.